The Balaban J connectivity index is 2.61. The Kier molecular flexibility index (Phi) is 3.98. The van der Waals surface area contributed by atoms with Crippen molar-refractivity contribution in [3.63, 3.8) is 0 Å². The average Bonchev–Trinajstić information content (AvgIpc) is 2.15. The van der Waals surface area contributed by atoms with Crippen molar-refractivity contribution in [2.75, 3.05) is 6.61 Å². The van der Waals surface area contributed by atoms with Crippen LogP contribution in [0.2, 0.25) is 0 Å². The fourth-order valence-corrected chi connectivity index (χ4v) is 1.07. The highest BCUT2D eigenvalue weighted by atomic mass is 19.4. The molecule has 6 heteroatoms. The molecule has 0 aliphatic carbocycles. The van der Waals surface area contributed by atoms with E-state index in [0.717, 1.165) is 18.3 Å². The number of aliphatic hydroxyl groups is 1. The van der Waals surface area contributed by atoms with E-state index in [0.29, 0.717) is 6.42 Å². The number of rotatable bonds is 4. The molecule has 0 spiro atoms. The lowest BCUT2D eigenvalue weighted by Crippen LogP contribution is -2.22. The smallest absolute Gasteiger partial charge is 0.416 e. The molecule has 1 heterocycles. The van der Waals surface area contributed by atoms with E-state index in [2.05, 4.69) is 4.98 Å². The van der Waals surface area contributed by atoms with Crippen molar-refractivity contribution >= 4 is 0 Å². The summed E-state index contributed by atoms with van der Waals surface area (Å²) >= 11 is 0. The van der Waals surface area contributed by atoms with E-state index in [-0.39, 0.29) is 12.5 Å². The largest absolute Gasteiger partial charge is 0.478 e. The van der Waals surface area contributed by atoms with Gasteiger partial charge in [-0.2, -0.15) is 13.2 Å². The summed E-state index contributed by atoms with van der Waals surface area (Å²) in [5.74, 6) is -0.0934. The quantitative estimate of drug-likeness (QED) is 0.892. The highest BCUT2D eigenvalue weighted by Gasteiger charge is 2.30. The third-order valence-corrected chi connectivity index (χ3v) is 2.03. The minimum absolute atomic E-state index is 0.0934. The van der Waals surface area contributed by atoms with Crippen LogP contribution in [0, 0.1) is 0 Å². The Morgan fingerprint density at radius 1 is 1.35 bits per heavy atom. The first kappa shape index (κ1) is 13.8. The van der Waals surface area contributed by atoms with Crippen molar-refractivity contribution < 1.29 is 23.0 Å². The van der Waals surface area contributed by atoms with E-state index in [1.165, 1.54) is 0 Å². The van der Waals surface area contributed by atoms with Crippen LogP contribution in [0.1, 0.15) is 25.8 Å². The van der Waals surface area contributed by atoms with Gasteiger partial charge in [0.05, 0.1) is 17.8 Å². The molecule has 0 saturated heterocycles. The van der Waals surface area contributed by atoms with E-state index >= 15 is 0 Å². The summed E-state index contributed by atoms with van der Waals surface area (Å²) in [5, 5.41) is 9.40. The summed E-state index contributed by atoms with van der Waals surface area (Å²) in [6, 6.07) is 1.72. The molecule has 3 nitrogen and oxygen atoms in total. The number of hydrogen-bond donors (Lipinski definition) is 1. The first-order valence-corrected chi connectivity index (χ1v) is 5.07. The first-order chi connectivity index (χ1) is 7.68. The maximum Gasteiger partial charge on any atom is 0.416 e. The van der Waals surface area contributed by atoms with Gasteiger partial charge >= 0.3 is 6.18 Å². The number of halogens is 3. The number of aromatic nitrogens is 1. The highest BCUT2D eigenvalue weighted by Crippen LogP contribution is 2.30. The van der Waals surface area contributed by atoms with E-state index in [9.17, 15) is 18.3 Å². The molecule has 1 aromatic heterocycles. The molecule has 0 atom stereocenters. The predicted octanol–water partition coefficient (Wildman–Crippen LogP) is 2.64. The van der Waals surface area contributed by atoms with Gasteiger partial charge in [-0.25, -0.2) is 4.98 Å². The van der Waals surface area contributed by atoms with Gasteiger partial charge in [0.2, 0.25) is 5.88 Å². The van der Waals surface area contributed by atoms with Crippen molar-refractivity contribution in [3.05, 3.63) is 23.9 Å². The Labute approximate surface area is 97.2 Å². The van der Waals surface area contributed by atoms with Crippen LogP contribution in [-0.4, -0.2) is 22.3 Å². The molecule has 0 radical (unpaired) electrons. The maximum absolute atomic E-state index is 12.4. The van der Waals surface area contributed by atoms with Gasteiger partial charge in [0, 0.05) is 18.7 Å². The molecule has 1 rings (SSSR count). The van der Waals surface area contributed by atoms with Gasteiger partial charge in [0.1, 0.15) is 0 Å². The molecule has 0 aliphatic rings. The van der Waals surface area contributed by atoms with Crippen LogP contribution in [0.4, 0.5) is 13.2 Å². The van der Waals surface area contributed by atoms with Crippen molar-refractivity contribution in [3.8, 4) is 5.88 Å². The van der Waals surface area contributed by atoms with Crippen LogP contribution in [-0.2, 0) is 6.18 Å². The van der Waals surface area contributed by atoms with Crippen LogP contribution >= 0.6 is 0 Å². The van der Waals surface area contributed by atoms with Crippen molar-refractivity contribution in [2.24, 2.45) is 0 Å². The van der Waals surface area contributed by atoms with Gasteiger partial charge in [-0.05, 0) is 19.9 Å². The van der Waals surface area contributed by atoms with Gasteiger partial charge in [0.25, 0.3) is 0 Å². The average molecular weight is 249 g/mol. The molecule has 1 aromatic rings. The zero-order valence-electron chi connectivity index (χ0n) is 9.58. The fourth-order valence-electron chi connectivity index (χ4n) is 1.07. The van der Waals surface area contributed by atoms with Crippen molar-refractivity contribution in [2.45, 2.75) is 32.0 Å². The molecule has 0 amide bonds. The zero-order chi connectivity index (χ0) is 13.1. The van der Waals surface area contributed by atoms with Gasteiger partial charge in [-0.15, -0.1) is 0 Å². The lowest BCUT2D eigenvalue weighted by molar-refractivity contribution is -0.137. The Morgan fingerprint density at radius 2 is 2.00 bits per heavy atom. The van der Waals surface area contributed by atoms with Crippen LogP contribution in [0.3, 0.4) is 0 Å². The highest BCUT2D eigenvalue weighted by molar-refractivity contribution is 5.22. The maximum atomic E-state index is 12.4. The van der Waals surface area contributed by atoms with E-state index in [1.807, 2.05) is 0 Å². The monoisotopic (exact) mass is 249 g/mol. The molecular weight excluding hydrogens is 235 g/mol. The number of ether oxygens (including phenoxy) is 1. The summed E-state index contributed by atoms with van der Waals surface area (Å²) in [5.41, 5.74) is -1.72. The van der Waals surface area contributed by atoms with Crippen molar-refractivity contribution in [1.82, 2.24) is 4.98 Å². The SMILES string of the molecule is CC(C)(O)CCOc1cc(C(F)(F)F)ccn1. The summed E-state index contributed by atoms with van der Waals surface area (Å²) in [4.78, 5) is 3.67. The van der Waals surface area contributed by atoms with Crippen molar-refractivity contribution in [1.29, 1.82) is 0 Å². The normalized spacial score (nSPS) is 12.6. The van der Waals surface area contributed by atoms with E-state index < -0.39 is 17.3 Å². The summed E-state index contributed by atoms with van der Waals surface area (Å²) < 4.78 is 42.1. The third kappa shape index (κ3) is 5.04. The molecule has 0 aliphatic heterocycles. The van der Waals surface area contributed by atoms with Crippen LogP contribution in [0.5, 0.6) is 5.88 Å². The summed E-state index contributed by atoms with van der Waals surface area (Å²) in [7, 11) is 0. The molecule has 0 bridgehead atoms. The second-order valence-corrected chi connectivity index (χ2v) is 4.29. The predicted molar refractivity (Wildman–Crippen MR) is 55.6 cm³/mol. The lowest BCUT2D eigenvalue weighted by Gasteiger charge is -2.17. The standard InChI is InChI=1S/C11H14F3NO2/c1-10(2,16)4-6-17-9-7-8(3-5-15-9)11(12,13)14/h3,5,7,16H,4,6H2,1-2H3. The number of pyridine rings is 1. The number of alkyl halides is 3. The second kappa shape index (κ2) is 4.91. The topological polar surface area (TPSA) is 42.4 Å². The van der Waals surface area contributed by atoms with Crippen LogP contribution in [0.25, 0.3) is 0 Å². The fraction of sp³-hybridized carbons (Fsp3) is 0.545. The molecule has 1 N–H and O–H groups in total. The first-order valence-electron chi connectivity index (χ1n) is 5.07. The van der Waals surface area contributed by atoms with Gasteiger partial charge in [-0.1, -0.05) is 0 Å². The molecule has 0 fully saturated rings. The molecule has 17 heavy (non-hydrogen) atoms. The summed E-state index contributed by atoms with van der Waals surface area (Å²) in [6.07, 6.45) is -3.05. The van der Waals surface area contributed by atoms with Gasteiger partial charge < -0.3 is 9.84 Å². The number of nitrogens with zero attached hydrogens (tertiary/aromatic N) is 1. The van der Waals surface area contributed by atoms with Gasteiger partial charge in [0.15, 0.2) is 0 Å². The molecule has 0 saturated carbocycles. The van der Waals surface area contributed by atoms with E-state index in [1.54, 1.807) is 13.8 Å². The zero-order valence-corrected chi connectivity index (χ0v) is 9.58. The molecular formula is C11H14F3NO2. The van der Waals surface area contributed by atoms with Crippen LogP contribution < -0.4 is 4.74 Å². The van der Waals surface area contributed by atoms with Crippen LogP contribution in [0.15, 0.2) is 18.3 Å². The van der Waals surface area contributed by atoms with E-state index in [4.69, 9.17) is 4.74 Å². The summed E-state index contributed by atoms with van der Waals surface area (Å²) in [6.45, 7) is 3.30. The minimum atomic E-state index is -4.41. The van der Waals surface area contributed by atoms with Gasteiger partial charge in [-0.3, -0.25) is 0 Å². The molecule has 0 aromatic carbocycles. The Morgan fingerprint density at radius 3 is 2.53 bits per heavy atom. The number of hydrogen-bond acceptors (Lipinski definition) is 3. The Hall–Kier alpha value is -1.30. The third-order valence-electron chi connectivity index (χ3n) is 2.03. The molecule has 96 valence electrons. The second-order valence-electron chi connectivity index (χ2n) is 4.29. The molecule has 0 unspecified atom stereocenters. The Bertz CT molecular complexity index is 372. The minimum Gasteiger partial charge on any atom is -0.478 e. The lowest BCUT2D eigenvalue weighted by atomic mass is 10.1.